The normalized spacial score (nSPS) is 24.9. The molecule has 0 N–H and O–H groups in total. The van der Waals surface area contributed by atoms with Crippen molar-refractivity contribution in [1.82, 2.24) is 0 Å². The highest BCUT2D eigenvalue weighted by atomic mass is 16.3. The maximum atomic E-state index is 10.8. The van der Waals surface area contributed by atoms with Crippen LogP contribution in [-0.4, -0.2) is 6.04 Å². The average molecular weight is 231 g/mol. The summed E-state index contributed by atoms with van der Waals surface area (Å²) < 4.78 is 0. The molecule has 2 atom stereocenters. The van der Waals surface area contributed by atoms with E-state index in [1.165, 1.54) is 11.1 Å². The Morgan fingerprint density at radius 3 is 2.29 bits per heavy atom. The van der Waals surface area contributed by atoms with Gasteiger partial charge in [0.15, 0.2) is 0 Å². The smallest absolute Gasteiger partial charge is 0.0987 e. The van der Waals surface area contributed by atoms with Crippen molar-refractivity contribution >= 4 is 0 Å². The third kappa shape index (κ3) is 2.56. The summed E-state index contributed by atoms with van der Waals surface area (Å²) in [6.07, 6.45) is 3.18. The van der Waals surface area contributed by atoms with E-state index < -0.39 is 0 Å². The highest BCUT2D eigenvalue weighted by Crippen LogP contribution is 2.37. The van der Waals surface area contributed by atoms with Gasteiger partial charge in [0.05, 0.1) is 6.04 Å². The number of nitroso groups, excluding NO2 is 1. The van der Waals surface area contributed by atoms with E-state index >= 15 is 0 Å². The van der Waals surface area contributed by atoms with Gasteiger partial charge in [0.25, 0.3) is 0 Å². The molecule has 1 saturated carbocycles. The first-order chi connectivity index (χ1) is 8.02. The minimum absolute atomic E-state index is 0.00418. The van der Waals surface area contributed by atoms with Crippen molar-refractivity contribution in [2.75, 3.05) is 0 Å². The van der Waals surface area contributed by atoms with Gasteiger partial charge >= 0.3 is 0 Å². The van der Waals surface area contributed by atoms with Crippen LogP contribution in [0.25, 0.3) is 0 Å². The Kier molecular flexibility index (Phi) is 3.32. The molecule has 17 heavy (non-hydrogen) atoms. The first-order valence-corrected chi connectivity index (χ1v) is 6.45. The van der Waals surface area contributed by atoms with Gasteiger partial charge in [-0.25, -0.2) is 0 Å². The summed E-state index contributed by atoms with van der Waals surface area (Å²) in [5, 5.41) is 3.27. The molecular weight excluding hydrogens is 210 g/mol. The Balaban J connectivity index is 2.21. The number of hydrogen-bond donors (Lipinski definition) is 0. The molecule has 0 bridgehead atoms. The van der Waals surface area contributed by atoms with Crippen LogP contribution in [0.5, 0.6) is 0 Å². The molecule has 0 heterocycles. The maximum absolute atomic E-state index is 10.8. The minimum Gasteiger partial charge on any atom is -0.150 e. The van der Waals surface area contributed by atoms with Gasteiger partial charge in [-0.15, -0.1) is 0 Å². The Labute approximate surface area is 103 Å². The predicted molar refractivity (Wildman–Crippen MR) is 71.3 cm³/mol. The van der Waals surface area contributed by atoms with Crippen LogP contribution in [0.2, 0.25) is 0 Å². The minimum atomic E-state index is -0.00418. The zero-order valence-corrected chi connectivity index (χ0v) is 10.9. The lowest BCUT2D eigenvalue weighted by Gasteiger charge is -2.20. The van der Waals surface area contributed by atoms with Gasteiger partial charge in [-0.1, -0.05) is 56.6 Å². The van der Waals surface area contributed by atoms with Crippen LogP contribution in [0.15, 0.2) is 29.4 Å². The van der Waals surface area contributed by atoms with Crippen LogP contribution in [0.4, 0.5) is 0 Å². The van der Waals surface area contributed by atoms with Crippen molar-refractivity contribution in [3.05, 3.63) is 40.3 Å². The SMILES string of the molecule is CC(C)(C)c1ccc([C@H]2CCCC2N=O)cc1. The van der Waals surface area contributed by atoms with Gasteiger partial charge in [0.1, 0.15) is 0 Å². The topological polar surface area (TPSA) is 29.4 Å². The summed E-state index contributed by atoms with van der Waals surface area (Å²) in [5.74, 6) is 0.349. The van der Waals surface area contributed by atoms with Crippen LogP contribution < -0.4 is 0 Å². The molecule has 0 radical (unpaired) electrons. The molecular formula is C15H21NO. The van der Waals surface area contributed by atoms with Crippen LogP contribution in [0.1, 0.15) is 57.1 Å². The third-order valence-electron chi connectivity index (χ3n) is 3.82. The molecule has 92 valence electrons. The van der Waals surface area contributed by atoms with E-state index in [0.717, 1.165) is 19.3 Å². The lowest BCUT2D eigenvalue weighted by atomic mass is 9.85. The van der Waals surface area contributed by atoms with Gasteiger partial charge in [0, 0.05) is 5.92 Å². The van der Waals surface area contributed by atoms with E-state index in [1.807, 2.05) is 0 Å². The molecule has 1 fully saturated rings. The van der Waals surface area contributed by atoms with Crippen molar-refractivity contribution in [3.8, 4) is 0 Å². The molecule has 0 aliphatic heterocycles. The zero-order chi connectivity index (χ0) is 12.5. The Hall–Kier alpha value is -1.18. The van der Waals surface area contributed by atoms with Crippen LogP contribution in [0.3, 0.4) is 0 Å². The van der Waals surface area contributed by atoms with Gasteiger partial charge in [-0.05, 0) is 29.4 Å². The largest absolute Gasteiger partial charge is 0.150 e. The van der Waals surface area contributed by atoms with Crippen LogP contribution >= 0.6 is 0 Å². The van der Waals surface area contributed by atoms with Crippen molar-refractivity contribution in [2.45, 2.75) is 57.4 Å². The van der Waals surface area contributed by atoms with E-state index in [-0.39, 0.29) is 11.5 Å². The Bertz CT molecular complexity index is 388. The second kappa shape index (κ2) is 4.59. The van der Waals surface area contributed by atoms with Gasteiger partial charge in [-0.3, -0.25) is 0 Å². The predicted octanol–water partition coefficient (Wildman–Crippen LogP) is 4.39. The molecule has 0 aromatic heterocycles. The highest BCUT2D eigenvalue weighted by Gasteiger charge is 2.29. The van der Waals surface area contributed by atoms with E-state index in [4.69, 9.17) is 0 Å². The van der Waals surface area contributed by atoms with Gasteiger partial charge in [0.2, 0.25) is 0 Å². The summed E-state index contributed by atoms with van der Waals surface area (Å²) in [7, 11) is 0. The molecule has 1 aromatic rings. The molecule has 2 heteroatoms. The fraction of sp³-hybridized carbons (Fsp3) is 0.600. The van der Waals surface area contributed by atoms with Crippen LogP contribution in [0, 0.1) is 4.91 Å². The van der Waals surface area contributed by atoms with Crippen molar-refractivity contribution in [1.29, 1.82) is 0 Å². The van der Waals surface area contributed by atoms with Crippen molar-refractivity contribution < 1.29 is 0 Å². The monoisotopic (exact) mass is 231 g/mol. The third-order valence-corrected chi connectivity index (χ3v) is 3.82. The number of rotatable bonds is 2. The van der Waals surface area contributed by atoms with E-state index in [0.29, 0.717) is 5.92 Å². The first-order valence-electron chi connectivity index (χ1n) is 6.45. The fourth-order valence-corrected chi connectivity index (χ4v) is 2.69. The molecule has 0 amide bonds. The lowest BCUT2D eigenvalue weighted by molar-refractivity contribution is 0.586. The lowest BCUT2D eigenvalue weighted by Crippen LogP contribution is -2.12. The number of benzene rings is 1. The quantitative estimate of drug-likeness (QED) is 0.694. The average Bonchev–Trinajstić information content (AvgIpc) is 2.76. The zero-order valence-electron chi connectivity index (χ0n) is 10.9. The van der Waals surface area contributed by atoms with Crippen LogP contribution in [-0.2, 0) is 5.41 Å². The fourth-order valence-electron chi connectivity index (χ4n) is 2.69. The van der Waals surface area contributed by atoms with E-state index in [2.05, 4.69) is 50.2 Å². The van der Waals surface area contributed by atoms with Gasteiger partial charge < -0.3 is 0 Å². The molecule has 1 aromatic carbocycles. The van der Waals surface area contributed by atoms with Crippen molar-refractivity contribution in [2.24, 2.45) is 5.18 Å². The second-order valence-electron chi connectivity index (χ2n) is 6.08. The number of nitrogens with zero attached hydrogens (tertiary/aromatic N) is 1. The summed E-state index contributed by atoms with van der Waals surface area (Å²) >= 11 is 0. The summed E-state index contributed by atoms with van der Waals surface area (Å²) in [5.41, 5.74) is 2.81. The summed E-state index contributed by atoms with van der Waals surface area (Å²) in [6.45, 7) is 6.65. The second-order valence-corrected chi connectivity index (χ2v) is 6.08. The van der Waals surface area contributed by atoms with E-state index in [9.17, 15) is 4.91 Å². The summed E-state index contributed by atoms with van der Waals surface area (Å²) in [6, 6.07) is 8.73. The molecule has 0 saturated heterocycles. The van der Waals surface area contributed by atoms with Crippen molar-refractivity contribution in [3.63, 3.8) is 0 Å². The standard InChI is InChI=1S/C15H21NO/c1-15(2,3)12-9-7-11(8-10-12)13-5-4-6-14(13)16-17/h7-10,13-14H,4-6H2,1-3H3/t13-,14?/m1/s1. The molecule has 0 spiro atoms. The Morgan fingerprint density at radius 1 is 1.12 bits per heavy atom. The molecule has 1 aliphatic carbocycles. The molecule has 2 nitrogen and oxygen atoms in total. The number of hydrogen-bond acceptors (Lipinski definition) is 2. The molecule has 1 unspecified atom stereocenters. The molecule has 2 rings (SSSR count). The summed E-state index contributed by atoms with van der Waals surface area (Å²) in [4.78, 5) is 10.8. The highest BCUT2D eigenvalue weighted by molar-refractivity contribution is 5.30. The molecule has 1 aliphatic rings. The maximum Gasteiger partial charge on any atom is 0.0987 e. The Morgan fingerprint density at radius 2 is 1.76 bits per heavy atom. The van der Waals surface area contributed by atoms with E-state index in [1.54, 1.807) is 0 Å². The first kappa shape index (κ1) is 12.3. The van der Waals surface area contributed by atoms with Gasteiger partial charge in [-0.2, -0.15) is 4.91 Å².